The van der Waals surface area contributed by atoms with Crippen molar-refractivity contribution in [1.29, 1.82) is 0 Å². The predicted molar refractivity (Wildman–Crippen MR) is 91.5 cm³/mol. The number of hydrogen-bond acceptors (Lipinski definition) is 4. The summed E-state index contributed by atoms with van der Waals surface area (Å²) in [5.74, 6) is -1.06. The van der Waals surface area contributed by atoms with E-state index in [4.69, 9.17) is 5.11 Å². The fraction of sp³-hybridized carbons (Fsp3) is 0.294. The Balaban J connectivity index is 1.90. The molecule has 0 bridgehead atoms. The Morgan fingerprint density at radius 3 is 2.52 bits per heavy atom. The number of amides is 1. The molecule has 1 amide bonds. The van der Waals surface area contributed by atoms with Crippen molar-refractivity contribution in [2.24, 2.45) is 0 Å². The van der Waals surface area contributed by atoms with Gasteiger partial charge in [-0.2, -0.15) is 8.42 Å². The number of carboxylic acid groups (broad SMARTS) is 1. The third-order valence-corrected chi connectivity index (χ3v) is 5.21. The molecule has 0 saturated carbocycles. The van der Waals surface area contributed by atoms with E-state index in [0.29, 0.717) is 47.8 Å². The fourth-order valence-corrected chi connectivity index (χ4v) is 3.88. The summed E-state index contributed by atoms with van der Waals surface area (Å²) in [4.78, 5) is 24.5. The molecule has 3 rings (SSSR count). The second kappa shape index (κ2) is 6.45. The lowest BCUT2D eigenvalue weighted by molar-refractivity contribution is -0.137. The van der Waals surface area contributed by atoms with Gasteiger partial charge in [-0.25, -0.2) is 0 Å². The summed E-state index contributed by atoms with van der Waals surface area (Å²) in [6.45, 7) is 0.424. The highest BCUT2D eigenvalue weighted by atomic mass is 32.2. The Morgan fingerprint density at radius 1 is 1.08 bits per heavy atom. The topological polar surface area (TPSA) is 112 Å². The number of benzene rings is 2. The molecule has 0 saturated heterocycles. The molecule has 1 heterocycles. The summed E-state index contributed by atoms with van der Waals surface area (Å²) >= 11 is 0. The Hall–Kier alpha value is -2.45. The van der Waals surface area contributed by atoms with Crippen LogP contribution in [0.4, 0.5) is 5.69 Å². The van der Waals surface area contributed by atoms with Crippen molar-refractivity contribution in [3.63, 3.8) is 0 Å². The number of carbonyl (C=O) groups excluding carboxylic acids is 1. The first-order valence-corrected chi connectivity index (χ1v) is 9.31. The molecule has 132 valence electrons. The van der Waals surface area contributed by atoms with Crippen molar-refractivity contribution in [2.45, 2.75) is 30.6 Å². The van der Waals surface area contributed by atoms with Crippen molar-refractivity contribution in [3.05, 3.63) is 35.9 Å². The number of rotatable bonds is 7. The Morgan fingerprint density at radius 2 is 1.84 bits per heavy atom. The Kier molecular flexibility index (Phi) is 4.49. The molecule has 25 heavy (non-hydrogen) atoms. The minimum absolute atomic E-state index is 0.0987. The fourth-order valence-electron chi connectivity index (χ4n) is 3.19. The number of carboxylic acids is 1. The van der Waals surface area contributed by atoms with Crippen LogP contribution in [0.1, 0.15) is 36.0 Å². The first-order valence-electron chi connectivity index (χ1n) is 7.87. The molecule has 2 aromatic carbocycles. The predicted octanol–water partition coefficient (Wildman–Crippen LogP) is 2.69. The zero-order valence-electron chi connectivity index (χ0n) is 13.3. The first-order chi connectivity index (χ1) is 11.8. The number of nitrogens with zero attached hydrogens (tertiary/aromatic N) is 1. The second-order valence-electron chi connectivity index (χ2n) is 5.95. The molecule has 0 spiro atoms. The van der Waals surface area contributed by atoms with Gasteiger partial charge < -0.3 is 10.0 Å². The van der Waals surface area contributed by atoms with Gasteiger partial charge in [-0.15, -0.1) is 0 Å². The van der Waals surface area contributed by atoms with Crippen molar-refractivity contribution in [3.8, 4) is 0 Å². The SMILES string of the molecule is O=C(O)CCCCCN1C(=O)c2cccc3c(S(=O)(=O)O)ccc1c23. The van der Waals surface area contributed by atoms with E-state index in [1.165, 1.54) is 12.1 Å². The van der Waals surface area contributed by atoms with Crippen molar-refractivity contribution in [1.82, 2.24) is 0 Å². The number of carbonyl (C=O) groups is 2. The van der Waals surface area contributed by atoms with Gasteiger partial charge >= 0.3 is 5.97 Å². The first kappa shape index (κ1) is 17.4. The highest BCUT2D eigenvalue weighted by Crippen LogP contribution is 2.40. The molecular formula is C17H17NO6S. The van der Waals surface area contributed by atoms with E-state index >= 15 is 0 Å². The monoisotopic (exact) mass is 363 g/mol. The molecule has 0 aliphatic carbocycles. The lowest BCUT2D eigenvalue weighted by Crippen LogP contribution is -2.27. The van der Waals surface area contributed by atoms with Crippen LogP contribution < -0.4 is 4.90 Å². The molecule has 0 unspecified atom stereocenters. The van der Waals surface area contributed by atoms with Crippen LogP contribution in [-0.2, 0) is 14.9 Å². The number of anilines is 1. The number of unbranched alkanes of at least 4 members (excludes halogenated alkanes) is 2. The maximum atomic E-state index is 12.6. The van der Waals surface area contributed by atoms with E-state index in [2.05, 4.69) is 0 Å². The van der Waals surface area contributed by atoms with Gasteiger partial charge in [0.2, 0.25) is 0 Å². The molecule has 2 N–H and O–H groups in total. The molecule has 7 nitrogen and oxygen atoms in total. The van der Waals surface area contributed by atoms with Crippen molar-refractivity contribution >= 4 is 38.5 Å². The van der Waals surface area contributed by atoms with Gasteiger partial charge in [0.25, 0.3) is 16.0 Å². The molecule has 1 aliphatic rings. The van der Waals surface area contributed by atoms with Gasteiger partial charge in [-0.3, -0.25) is 14.1 Å². The van der Waals surface area contributed by atoms with E-state index < -0.39 is 16.1 Å². The summed E-state index contributed by atoms with van der Waals surface area (Å²) in [5.41, 5.74) is 1.02. The van der Waals surface area contributed by atoms with Crippen LogP contribution in [0.5, 0.6) is 0 Å². The highest BCUT2D eigenvalue weighted by Gasteiger charge is 2.31. The van der Waals surface area contributed by atoms with Gasteiger partial charge in [0.1, 0.15) is 4.90 Å². The lowest BCUT2D eigenvalue weighted by Gasteiger charge is -2.17. The van der Waals surface area contributed by atoms with Crippen LogP contribution in [-0.4, -0.2) is 36.5 Å². The average Bonchev–Trinajstić information content (AvgIpc) is 2.81. The van der Waals surface area contributed by atoms with Gasteiger partial charge in [0.05, 0.1) is 5.69 Å². The zero-order chi connectivity index (χ0) is 18.2. The molecule has 1 aliphatic heterocycles. The van der Waals surface area contributed by atoms with Crippen LogP contribution >= 0.6 is 0 Å². The standard InChI is InChI=1S/C17H17NO6S/c19-15(20)7-2-1-3-10-18-13-8-9-14(25(22,23)24)11-5-4-6-12(16(11)13)17(18)21/h4-6,8-9H,1-3,7,10H2,(H,19,20)(H,22,23,24). The largest absolute Gasteiger partial charge is 0.481 e. The van der Waals surface area contributed by atoms with Gasteiger partial charge in [-0.1, -0.05) is 18.6 Å². The van der Waals surface area contributed by atoms with Crippen LogP contribution in [0.25, 0.3) is 10.8 Å². The van der Waals surface area contributed by atoms with E-state index in [9.17, 15) is 22.6 Å². The molecule has 0 aromatic heterocycles. The van der Waals surface area contributed by atoms with Crippen molar-refractivity contribution < 1.29 is 27.7 Å². The molecule has 0 fully saturated rings. The Labute approximate surface area is 144 Å². The van der Waals surface area contributed by atoms with E-state index in [1.54, 1.807) is 23.1 Å². The average molecular weight is 363 g/mol. The van der Waals surface area contributed by atoms with Gasteiger partial charge in [-0.05, 0) is 31.0 Å². The molecule has 0 atom stereocenters. The van der Waals surface area contributed by atoms with Crippen LogP contribution in [0, 0.1) is 0 Å². The summed E-state index contributed by atoms with van der Waals surface area (Å²) in [6, 6.07) is 7.61. The summed E-state index contributed by atoms with van der Waals surface area (Å²) < 4.78 is 32.5. The second-order valence-corrected chi connectivity index (χ2v) is 7.34. The quantitative estimate of drug-likeness (QED) is 0.578. The minimum atomic E-state index is -4.39. The molecule has 0 radical (unpaired) electrons. The van der Waals surface area contributed by atoms with Crippen LogP contribution in [0.15, 0.2) is 35.2 Å². The molecular weight excluding hydrogens is 346 g/mol. The maximum absolute atomic E-state index is 12.6. The smallest absolute Gasteiger partial charge is 0.303 e. The maximum Gasteiger partial charge on any atom is 0.303 e. The summed E-state index contributed by atoms with van der Waals surface area (Å²) in [5, 5.41) is 9.48. The van der Waals surface area contributed by atoms with Crippen LogP contribution in [0.3, 0.4) is 0 Å². The van der Waals surface area contributed by atoms with Gasteiger partial charge in [0.15, 0.2) is 0 Å². The highest BCUT2D eigenvalue weighted by molar-refractivity contribution is 7.86. The molecule has 8 heteroatoms. The Bertz CT molecular complexity index is 967. The lowest BCUT2D eigenvalue weighted by atomic mass is 10.1. The van der Waals surface area contributed by atoms with Crippen LogP contribution in [0.2, 0.25) is 0 Å². The number of hydrogen-bond donors (Lipinski definition) is 2. The molecule has 2 aromatic rings. The third-order valence-electron chi connectivity index (χ3n) is 4.30. The minimum Gasteiger partial charge on any atom is -0.481 e. The normalized spacial score (nSPS) is 13.6. The van der Waals surface area contributed by atoms with E-state index in [-0.39, 0.29) is 17.2 Å². The number of aliphatic carboxylic acids is 1. The third kappa shape index (κ3) is 3.22. The zero-order valence-corrected chi connectivity index (χ0v) is 14.1. The van der Waals surface area contributed by atoms with E-state index in [1.807, 2.05) is 0 Å². The van der Waals surface area contributed by atoms with E-state index in [0.717, 1.165) is 0 Å². The van der Waals surface area contributed by atoms with Gasteiger partial charge in [0, 0.05) is 29.3 Å². The van der Waals surface area contributed by atoms with Crippen molar-refractivity contribution in [2.75, 3.05) is 11.4 Å². The summed E-state index contributed by atoms with van der Waals surface area (Å²) in [6.07, 6.45) is 1.97. The summed E-state index contributed by atoms with van der Waals surface area (Å²) in [7, 11) is -4.39.